The third-order valence-electron chi connectivity index (χ3n) is 5.96. The number of carbonyl (C=O) groups is 2. The summed E-state index contributed by atoms with van der Waals surface area (Å²) in [5.74, 6) is -0.453. The van der Waals surface area contributed by atoms with E-state index >= 15 is 0 Å². The molecule has 2 N–H and O–H groups in total. The maximum absolute atomic E-state index is 13.3. The fraction of sp³-hybridized carbons (Fsp3) is 0.208. The molecule has 0 saturated carbocycles. The Bertz CT molecular complexity index is 1250. The van der Waals surface area contributed by atoms with Crippen LogP contribution in [-0.4, -0.2) is 44.0 Å². The van der Waals surface area contributed by atoms with E-state index in [0.717, 1.165) is 22.6 Å². The van der Waals surface area contributed by atoms with E-state index in [-0.39, 0.29) is 17.7 Å². The van der Waals surface area contributed by atoms with Crippen molar-refractivity contribution in [2.45, 2.75) is 12.8 Å². The molecule has 1 aromatic carbocycles. The highest BCUT2D eigenvalue weighted by Gasteiger charge is 2.28. The van der Waals surface area contributed by atoms with Crippen LogP contribution in [-0.2, 0) is 4.79 Å². The van der Waals surface area contributed by atoms with Crippen LogP contribution < -0.4 is 5.73 Å². The molecule has 0 unspecified atom stereocenters. The second-order valence-corrected chi connectivity index (χ2v) is 7.85. The van der Waals surface area contributed by atoms with Gasteiger partial charge in [0.05, 0.1) is 22.5 Å². The first-order chi connectivity index (χ1) is 15.1. The molecule has 4 heterocycles. The van der Waals surface area contributed by atoms with Gasteiger partial charge in [0.25, 0.3) is 5.91 Å². The Hall–Kier alpha value is -3.87. The maximum Gasteiger partial charge on any atom is 0.256 e. The maximum atomic E-state index is 13.3. The van der Waals surface area contributed by atoms with Crippen LogP contribution in [0.1, 0.15) is 23.2 Å². The number of hydrogen-bond donors (Lipinski definition) is 1. The molecule has 1 aliphatic heterocycles. The number of carbonyl (C=O) groups excluding carboxylic acids is 2. The minimum atomic E-state index is -0.280. The van der Waals surface area contributed by atoms with Gasteiger partial charge in [-0.1, -0.05) is 24.3 Å². The van der Waals surface area contributed by atoms with E-state index < -0.39 is 0 Å². The number of amides is 2. The summed E-state index contributed by atoms with van der Waals surface area (Å²) in [4.78, 5) is 26.6. The molecule has 7 nitrogen and oxygen atoms in total. The van der Waals surface area contributed by atoms with Crippen molar-refractivity contribution >= 4 is 17.3 Å². The van der Waals surface area contributed by atoms with Crippen LogP contribution in [0.4, 0.5) is 0 Å². The molecule has 7 heteroatoms. The van der Waals surface area contributed by atoms with Crippen molar-refractivity contribution in [2.24, 2.45) is 11.7 Å². The molecular weight excluding hydrogens is 390 g/mol. The van der Waals surface area contributed by atoms with Crippen LogP contribution in [0.25, 0.3) is 22.6 Å². The Morgan fingerprint density at radius 2 is 1.68 bits per heavy atom. The molecule has 1 fully saturated rings. The molecule has 31 heavy (non-hydrogen) atoms. The summed E-state index contributed by atoms with van der Waals surface area (Å²) < 4.78 is 3.83. The van der Waals surface area contributed by atoms with Crippen LogP contribution in [0, 0.1) is 5.92 Å². The third kappa shape index (κ3) is 3.48. The van der Waals surface area contributed by atoms with Crippen LogP contribution in [0.15, 0.2) is 73.1 Å². The first-order valence-electron chi connectivity index (χ1n) is 10.4. The van der Waals surface area contributed by atoms with E-state index in [4.69, 9.17) is 10.8 Å². The molecule has 5 rings (SSSR count). The number of aromatic nitrogens is 3. The van der Waals surface area contributed by atoms with Crippen molar-refractivity contribution in [3.8, 4) is 17.1 Å². The van der Waals surface area contributed by atoms with E-state index in [0.29, 0.717) is 31.5 Å². The zero-order chi connectivity index (χ0) is 21.4. The number of rotatable bonds is 4. The Labute approximate surface area is 179 Å². The topological polar surface area (TPSA) is 85.6 Å². The van der Waals surface area contributed by atoms with Gasteiger partial charge in [0.15, 0.2) is 0 Å². The highest BCUT2D eigenvalue weighted by molar-refractivity contribution is 6.03. The summed E-state index contributed by atoms with van der Waals surface area (Å²) in [7, 11) is 0. The lowest BCUT2D eigenvalue weighted by Crippen LogP contribution is -2.41. The highest BCUT2D eigenvalue weighted by atomic mass is 16.2. The molecule has 0 spiro atoms. The molecule has 1 aliphatic rings. The van der Waals surface area contributed by atoms with E-state index in [1.54, 1.807) is 0 Å². The van der Waals surface area contributed by atoms with Crippen molar-refractivity contribution in [1.29, 1.82) is 0 Å². The van der Waals surface area contributed by atoms with Crippen molar-refractivity contribution in [3.05, 3.63) is 78.6 Å². The molecule has 0 atom stereocenters. The number of benzene rings is 1. The van der Waals surface area contributed by atoms with Crippen LogP contribution in [0.5, 0.6) is 0 Å². The Morgan fingerprint density at radius 1 is 0.935 bits per heavy atom. The van der Waals surface area contributed by atoms with Crippen LogP contribution in [0.2, 0.25) is 0 Å². The van der Waals surface area contributed by atoms with Crippen molar-refractivity contribution in [3.63, 3.8) is 0 Å². The van der Waals surface area contributed by atoms with Crippen molar-refractivity contribution < 1.29 is 9.59 Å². The second kappa shape index (κ2) is 7.75. The molecule has 0 bridgehead atoms. The van der Waals surface area contributed by atoms with Gasteiger partial charge in [0.1, 0.15) is 5.69 Å². The normalized spacial score (nSPS) is 14.8. The van der Waals surface area contributed by atoms with Crippen LogP contribution in [0.3, 0.4) is 0 Å². The molecular formula is C24H23N5O2. The lowest BCUT2D eigenvalue weighted by atomic mass is 9.96. The Morgan fingerprint density at radius 3 is 2.42 bits per heavy atom. The number of piperidine rings is 1. The zero-order valence-corrected chi connectivity index (χ0v) is 17.0. The zero-order valence-electron chi connectivity index (χ0n) is 17.0. The van der Waals surface area contributed by atoms with Crippen molar-refractivity contribution in [2.75, 3.05) is 13.1 Å². The summed E-state index contributed by atoms with van der Waals surface area (Å²) in [5, 5.41) is 4.73. The average Bonchev–Trinajstić information content (AvgIpc) is 3.44. The molecule has 2 amide bonds. The molecule has 1 saturated heterocycles. The standard InChI is InChI=1S/C24H23N5O2/c25-23(30)17-9-13-27(14-10-17)24(31)19-16-22(28-12-5-4-8-21(19)28)20-11-15-29(26-20)18-6-2-1-3-7-18/h1-8,11-12,15-17H,9-10,13-14H2,(H2,25,30). The second-order valence-electron chi connectivity index (χ2n) is 7.85. The molecule has 0 radical (unpaired) electrons. The van der Waals surface area contributed by atoms with E-state index in [2.05, 4.69) is 0 Å². The lowest BCUT2D eigenvalue weighted by Gasteiger charge is -2.30. The Balaban J connectivity index is 1.49. The summed E-state index contributed by atoms with van der Waals surface area (Å²) >= 11 is 0. The summed E-state index contributed by atoms with van der Waals surface area (Å²) in [6.45, 7) is 1.07. The number of nitrogens with zero attached hydrogens (tertiary/aromatic N) is 4. The molecule has 0 aliphatic carbocycles. The van der Waals surface area contributed by atoms with Crippen molar-refractivity contribution in [1.82, 2.24) is 19.1 Å². The van der Waals surface area contributed by atoms with Gasteiger partial charge in [0, 0.05) is 31.4 Å². The number of primary amides is 1. The van der Waals surface area contributed by atoms with Gasteiger partial charge in [-0.25, -0.2) is 4.68 Å². The van der Waals surface area contributed by atoms with Gasteiger partial charge < -0.3 is 15.0 Å². The molecule has 4 aromatic rings. The molecule has 3 aromatic heterocycles. The first kappa shape index (κ1) is 19.1. The van der Waals surface area contributed by atoms with E-state index in [1.165, 1.54) is 0 Å². The Kier molecular flexibility index (Phi) is 4.78. The van der Waals surface area contributed by atoms with Gasteiger partial charge in [0.2, 0.25) is 5.91 Å². The van der Waals surface area contributed by atoms with Gasteiger partial charge in [-0.15, -0.1) is 0 Å². The van der Waals surface area contributed by atoms with Crippen LogP contribution >= 0.6 is 0 Å². The number of pyridine rings is 1. The fourth-order valence-corrected chi connectivity index (χ4v) is 4.24. The number of fused-ring (bicyclic) bond motifs is 1. The summed E-state index contributed by atoms with van der Waals surface area (Å²) in [6, 6.07) is 19.6. The largest absolute Gasteiger partial charge is 0.369 e. The summed E-state index contributed by atoms with van der Waals surface area (Å²) in [5.41, 5.74) is 9.54. The minimum absolute atomic E-state index is 0.0274. The van der Waals surface area contributed by atoms with Gasteiger partial charge in [-0.2, -0.15) is 5.10 Å². The number of nitrogens with two attached hydrogens (primary N) is 1. The van der Waals surface area contributed by atoms with Gasteiger partial charge >= 0.3 is 0 Å². The first-order valence-corrected chi connectivity index (χ1v) is 10.4. The smallest absolute Gasteiger partial charge is 0.256 e. The van der Waals surface area contributed by atoms with Gasteiger partial charge in [-0.3, -0.25) is 9.59 Å². The monoisotopic (exact) mass is 413 g/mol. The highest BCUT2D eigenvalue weighted by Crippen LogP contribution is 2.28. The van der Waals surface area contributed by atoms with E-state index in [1.807, 2.05) is 87.0 Å². The SMILES string of the molecule is NC(=O)C1CCN(C(=O)c2cc(-c3ccn(-c4ccccc4)n3)n3ccccc23)CC1. The predicted molar refractivity (Wildman–Crippen MR) is 118 cm³/mol. The lowest BCUT2D eigenvalue weighted by molar-refractivity contribution is -0.123. The number of hydrogen-bond acceptors (Lipinski definition) is 3. The third-order valence-corrected chi connectivity index (χ3v) is 5.96. The quantitative estimate of drug-likeness (QED) is 0.558. The number of likely N-dealkylation sites (tertiary alicyclic amines) is 1. The fourth-order valence-electron chi connectivity index (χ4n) is 4.24. The van der Waals surface area contributed by atoms with E-state index in [9.17, 15) is 9.59 Å². The molecule has 156 valence electrons. The van der Waals surface area contributed by atoms with Gasteiger partial charge in [-0.05, 0) is 49.2 Å². The average molecular weight is 413 g/mol. The summed E-state index contributed by atoms with van der Waals surface area (Å²) in [6.07, 6.45) is 5.09. The predicted octanol–water partition coefficient (Wildman–Crippen LogP) is 3.13. The minimum Gasteiger partial charge on any atom is -0.369 e. The number of para-hydroxylation sites is 1.